The number of rotatable bonds is 4. The average Bonchev–Trinajstić information content (AvgIpc) is 2.82. The summed E-state index contributed by atoms with van der Waals surface area (Å²) < 4.78 is 25.6. The van der Waals surface area contributed by atoms with Gasteiger partial charge in [0.15, 0.2) is 0 Å². The van der Waals surface area contributed by atoms with Crippen LogP contribution in [0.25, 0.3) is 0 Å². The molecule has 4 N–H and O–H groups in total. The molecular formula is C12H14N2O6S. The van der Waals surface area contributed by atoms with Crippen molar-refractivity contribution in [3.63, 3.8) is 0 Å². The molecule has 8 nitrogen and oxygen atoms in total. The number of benzene rings is 1. The predicted octanol–water partition coefficient (Wildman–Crippen LogP) is -1.01. The van der Waals surface area contributed by atoms with E-state index in [-0.39, 0.29) is 23.4 Å². The zero-order valence-electron chi connectivity index (χ0n) is 10.8. The van der Waals surface area contributed by atoms with Crippen LogP contribution in [0.4, 0.5) is 0 Å². The molecule has 2 rings (SSSR count). The van der Waals surface area contributed by atoms with E-state index in [1.54, 1.807) is 0 Å². The Balaban J connectivity index is 2.37. The lowest BCUT2D eigenvalue weighted by Crippen LogP contribution is -2.40. The van der Waals surface area contributed by atoms with E-state index in [2.05, 4.69) is 0 Å². The second kappa shape index (κ2) is 5.43. The second-order valence-electron chi connectivity index (χ2n) is 4.71. The number of aliphatic hydroxyl groups is 1. The molecule has 0 aromatic heterocycles. The SMILES string of the molecule is NC(=O)c1ccc(S(=O)(=O)N2C[C@H](O)C[C@@H]2C(=O)O)cc1. The number of carboxylic acid groups (broad SMARTS) is 1. The van der Waals surface area contributed by atoms with Gasteiger partial charge in [0.05, 0.1) is 11.0 Å². The van der Waals surface area contributed by atoms with Crippen LogP contribution in [0.15, 0.2) is 29.2 Å². The molecule has 0 saturated carbocycles. The molecule has 0 unspecified atom stereocenters. The molecule has 0 bridgehead atoms. The van der Waals surface area contributed by atoms with Crippen molar-refractivity contribution in [2.24, 2.45) is 5.73 Å². The lowest BCUT2D eigenvalue weighted by atomic mass is 10.2. The van der Waals surface area contributed by atoms with Gasteiger partial charge < -0.3 is 15.9 Å². The van der Waals surface area contributed by atoms with E-state index >= 15 is 0 Å². The number of hydrogen-bond acceptors (Lipinski definition) is 5. The Kier molecular flexibility index (Phi) is 3.99. The fourth-order valence-corrected chi connectivity index (χ4v) is 3.83. The minimum absolute atomic E-state index is 0.144. The highest BCUT2D eigenvalue weighted by atomic mass is 32.2. The molecule has 1 aliphatic rings. The van der Waals surface area contributed by atoms with Gasteiger partial charge in [-0.3, -0.25) is 9.59 Å². The Labute approximate surface area is 120 Å². The lowest BCUT2D eigenvalue weighted by Gasteiger charge is -2.20. The molecule has 2 atom stereocenters. The van der Waals surface area contributed by atoms with Crippen LogP contribution < -0.4 is 5.73 Å². The van der Waals surface area contributed by atoms with Gasteiger partial charge in [0.25, 0.3) is 0 Å². The minimum Gasteiger partial charge on any atom is -0.480 e. The third kappa shape index (κ3) is 2.89. The average molecular weight is 314 g/mol. The van der Waals surface area contributed by atoms with Crippen LogP contribution in [-0.4, -0.2) is 53.5 Å². The summed E-state index contributed by atoms with van der Waals surface area (Å²) >= 11 is 0. The number of carbonyl (C=O) groups is 2. The van der Waals surface area contributed by atoms with Gasteiger partial charge in [0.1, 0.15) is 6.04 Å². The van der Waals surface area contributed by atoms with Gasteiger partial charge in [0.2, 0.25) is 15.9 Å². The summed E-state index contributed by atoms with van der Waals surface area (Å²) in [4.78, 5) is 21.9. The van der Waals surface area contributed by atoms with Gasteiger partial charge in [-0.05, 0) is 24.3 Å². The van der Waals surface area contributed by atoms with Crippen LogP contribution in [0.2, 0.25) is 0 Å². The van der Waals surface area contributed by atoms with Crippen LogP contribution in [0.1, 0.15) is 16.8 Å². The van der Waals surface area contributed by atoms with Crippen LogP contribution in [0.5, 0.6) is 0 Å². The molecule has 1 aromatic carbocycles. The molecule has 0 spiro atoms. The highest BCUT2D eigenvalue weighted by Gasteiger charge is 2.43. The number of sulfonamides is 1. The fourth-order valence-electron chi connectivity index (χ4n) is 2.20. The molecule has 0 aliphatic carbocycles. The summed E-state index contributed by atoms with van der Waals surface area (Å²) in [7, 11) is -4.07. The number of amides is 1. The van der Waals surface area contributed by atoms with Crippen molar-refractivity contribution in [3.05, 3.63) is 29.8 Å². The normalized spacial score (nSPS) is 23.1. The largest absolute Gasteiger partial charge is 0.480 e. The zero-order chi connectivity index (χ0) is 15.8. The Morgan fingerprint density at radius 2 is 1.81 bits per heavy atom. The first-order valence-electron chi connectivity index (χ1n) is 6.06. The Bertz CT molecular complexity index is 669. The summed E-state index contributed by atoms with van der Waals surface area (Å²) in [5.41, 5.74) is 5.21. The number of β-amino-alcohol motifs (C(OH)–C–C–N with tert-alkyl or cyclic N) is 1. The first-order chi connectivity index (χ1) is 9.73. The third-order valence-corrected chi connectivity index (χ3v) is 5.15. The van der Waals surface area contributed by atoms with Crippen molar-refractivity contribution in [1.29, 1.82) is 0 Å². The number of primary amides is 1. The van der Waals surface area contributed by atoms with Gasteiger partial charge in [-0.25, -0.2) is 8.42 Å². The predicted molar refractivity (Wildman–Crippen MR) is 70.9 cm³/mol. The highest BCUT2D eigenvalue weighted by Crippen LogP contribution is 2.26. The van der Waals surface area contributed by atoms with Gasteiger partial charge in [-0.1, -0.05) is 0 Å². The monoisotopic (exact) mass is 314 g/mol. The highest BCUT2D eigenvalue weighted by molar-refractivity contribution is 7.89. The van der Waals surface area contributed by atoms with Gasteiger partial charge in [-0.2, -0.15) is 4.31 Å². The summed E-state index contributed by atoms with van der Waals surface area (Å²) in [6.45, 7) is -0.281. The maximum Gasteiger partial charge on any atom is 0.322 e. The van der Waals surface area contributed by atoms with Crippen LogP contribution >= 0.6 is 0 Å². The first-order valence-corrected chi connectivity index (χ1v) is 7.50. The van der Waals surface area contributed by atoms with Gasteiger partial charge in [0, 0.05) is 18.5 Å². The molecule has 21 heavy (non-hydrogen) atoms. The number of aliphatic hydroxyl groups excluding tert-OH is 1. The number of nitrogens with zero attached hydrogens (tertiary/aromatic N) is 1. The lowest BCUT2D eigenvalue weighted by molar-refractivity contribution is -0.140. The van der Waals surface area contributed by atoms with E-state index in [0.717, 1.165) is 4.31 Å². The zero-order valence-corrected chi connectivity index (χ0v) is 11.7. The second-order valence-corrected chi connectivity index (χ2v) is 6.60. The van der Waals surface area contributed by atoms with E-state index in [1.807, 2.05) is 0 Å². The molecule has 1 amide bonds. The smallest absolute Gasteiger partial charge is 0.322 e. The summed E-state index contributed by atoms with van der Waals surface area (Å²) in [5, 5.41) is 18.6. The number of carboxylic acids is 1. The van der Waals surface area contributed by atoms with Crippen molar-refractivity contribution >= 4 is 21.9 Å². The molecule has 9 heteroatoms. The molecule has 0 radical (unpaired) electrons. The number of aliphatic carboxylic acids is 1. The molecule has 1 aliphatic heterocycles. The maximum atomic E-state index is 12.4. The molecule has 1 aromatic rings. The quantitative estimate of drug-likeness (QED) is 0.651. The summed E-state index contributed by atoms with van der Waals surface area (Å²) in [5.74, 6) is -2.01. The van der Waals surface area contributed by atoms with Crippen molar-refractivity contribution in [2.45, 2.75) is 23.5 Å². The Morgan fingerprint density at radius 1 is 1.24 bits per heavy atom. The number of carbonyl (C=O) groups excluding carboxylic acids is 1. The molecule has 1 saturated heterocycles. The number of hydrogen-bond donors (Lipinski definition) is 3. The fraction of sp³-hybridized carbons (Fsp3) is 0.333. The van der Waals surface area contributed by atoms with Crippen molar-refractivity contribution in [3.8, 4) is 0 Å². The standard InChI is InChI=1S/C12H14N2O6S/c13-11(16)7-1-3-9(4-2-7)21(19,20)14-6-8(15)5-10(14)12(17)18/h1-4,8,10,15H,5-6H2,(H2,13,16)(H,17,18)/t8-,10-/m1/s1. The van der Waals surface area contributed by atoms with Crippen LogP contribution in [-0.2, 0) is 14.8 Å². The number of nitrogens with two attached hydrogens (primary N) is 1. The van der Waals surface area contributed by atoms with Crippen molar-refractivity contribution < 1.29 is 28.2 Å². The van der Waals surface area contributed by atoms with Crippen molar-refractivity contribution in [2.75, 3.05) is 6.54 Å². The molecule has 1 fully saturated rings. The summed E-state index contributed by atoms with van der Waals surface area (Å²) in [6.07, 6.45) is -1.18. The van der Waals surface area contributed by atoms with Crippen LogP contribution in [0, 0.1) is 0 Å². The van der Waals surface area contributed by atoms with E-state index < -0.39 is 34.0 Å². The van der Waals surface area contributed by atoms with Crippen molar-refractivity contribution in [1.82, 2.24) is 4.31 Å². The third-order valence-electron chi connectivity index (χ3n) is 3.26. The van der Waals surface area contributed by atoms with E-state index in [9.17, 15) is 23.1 Å². The Morgan fingerprint density at radius 3 is 2.29 bits per heavy atom. The van der Waals surface area contributed by atoms with Gasteiger partial charge in [-0.15, -0.1) is 0 Å². The minimum atomic E-state index is -4.07. The van der Waals surface area contributed by atoms with E-state index in [4.69, 9.17) is 10.8 Å². The molecule has 1 heterocycles. The molecular weight excluding hydrogens is 300 g/mol. The van der Waals surface area contributed by atoms with Gasteiger partial charge >= 0.3 is 5.97 Å². The summed E-state index contributed by atoms with van der Waals surface area (Å²) in [6, 6.07) is 3.55. The van der Waals surface area contributed by atoms with E-state index in [1.165, 1.54) is 24.3 Å². The maximum absolute atomic E-state index is 12.4. The first kappa shape index (κ1) is 15.4. The Hall–Kier alpha value is -1.97. The topological polar surface area (TPSA) is 138 Å². The molecule has 114 valence electrons. The van der Waals surface area contributed by atoms with Crippen LogP contribution in [0.3, 0.4) is 0 Å². The van der Waals surface area contributed by atoms with E-state index in [0.29, 0.717) is 0 Å².